The monoisotopic (exact) mass is 510 g/mol. The third-order valence-electron chi connectivity index (χ3n) is 5.21. The molecule has 4 N–H and O–H groups in total. The zero-order valence-electron chi connectivity index (χ0n) is 22.5. The Balaban J connectivity index is 5.43. The molecule has 36 heavy (non-hydrogen) atoms. The van der Waals surface area contributed by atoms with E-state index in [9.17, 15) is 24.0 Å². The van der Waals surface area contributed by atoms with E-state index in [2.05, 4.69) is 21.0 Å². The molecule has 0 radical (unpaired) electrons. The number of hydrogen-bond acceptors (Lipinski definition) is 8. The molecule has 0 spiro atoms. The van der Waals surface area contributed by atoms with Gasteiger partial charge in [-0.1, -0.05) is 20.8 Å². The third kappa shape index (κ3) is 15.6. The molecule has 0 aromatic rings. The Morgan fingerprint density at radius 3 is 1.25 bits per heavy atom. The lowest BCUT2D eigenvalue weighted by Gasteiger charge is -2.34. The number of ketones is 1. The van der Waals surface area contributed by atoms with E-state index in [0.717, 1.165) is 0 Å². The molecule has 4 amide bonds. The van der Waals surface area contributed by atoms with Crippen molar-refractivity contribution in [2.45, 2.75) is 58.4 Å². The highest BCUT2D eigenvalue weighted by Gasteiger charge is 2.34. The van der Waals surface area contributed by atoms with E-state index in [1.807, 2.05) is 0 Å². The van der Waals surface area contributed by atoms with Crippen molar-refractivity contribution in [2.75, 3.05) is 39.6 Å². The fourth-order valence-electron chi connectivity index (χ4n) is 2.87. The normalized spacial score (nSPS) is 11.4. The topological polar surface area (TPSA) is 161 Å². The Bertz CT molecular complexity index is 675. The second-order valence-electron chi connectivity index (χ2n) is 9.43. The van der Waals surface area contributed by atoms with Crippen molar-refractivity contribution in [3.8, 4) is 0 Å². The van der Waals surface area contributed by atoms with Gasteiger partial charge in [0.15, 0.2) is 0 Å². The van der Waals surface area contributed by atoms with Gasteiger partial charge in [0.1, 0.15) is 11.3 Å². The van der Waals surface area contributed by atoms with Gasteiger partial charge in [-0.3, -0.25) is 24.0 Å². The molecule has 202 valence electrons. The van der Waals surface area contributed by atoms with Crippen molar-refractivity contribution >= 4 is 53.4 Å². The van der Waals surface area contributed by atoms with Crippen LogP contribution >= 0.6 is 0 Å². The maximum Gasteiger partial charge on any atom is 0.221 e. The number of amides is 4. The average molecular weight is 510 g/mol. The largest absolute Gasteiger partial charge is 0.406 e. The zero-order chi connectivity index (χ0) is 27.6. The molecule has 0 aliphatic heterocycles. The van der Waals surface area contributed by atoms with Crippen molar-refractivity contribution in [1.29, 1.82) is 0 Å². The Hall–Kier alpha value is -2.38. The summed E-state index contributed by atoms with van der Waals surface area (Å²) in [5.41, 5.74) is -1.73. The smallest absolute Gasteiger partial charge is 0.221 e. The number of nitrogens with one attached hydrogen (secondary N) is 4. The Morgan fingerprint density at radius 1 is 0.583 bits per heavy atom. The average Bonchev–Trinajstić information content (AvgIpc) is 2.84. The molecule has 0 heterocycles. The standard InChI is InChI=1S/C21H41B3N4O8/c1-20(2,3)15(29)4-5-16(30)25-21(12-34-9-6-17(31)26-22,13-35-10-7-18(32)27-23)14-36-11-8-19(33)28-24/h4-14,22-24H2,1-3H3,(H,25,30)(H,26,31)(H,27,32)(H,28,33). The zero-order valence-corrected chi connectivity index (χ0v) is 22.5. The first kappa shape index (κ1) is 33.6. The maximum absolute atomic E-state index is 12.8. The van der Waals surface area contributed by atoms with Crippen LogP contribution in [0, 0.1) is 5.41 Å². The van der Waals surface area contributed by atoms with Gasteiger partial charge in [-0.15, -0.1) is 0 Å². The summed E-state index contributed by atoms with van der Waals surface area (Å²) in [7, 11) is 4.56. The minimum atomic E-state index is -1.17. The van der Waals surface area contributed by atoms with Crippen LogP contribution in [0.2, 0.25) is 0 Å². The Kier molecular flexibility index (Phi) is 16.8. The lowest BCUT2D eigenvalue weighted by atomic mass is 9.88. The summed E-state index contributed by atoms with van der Waals surface area (Å²) in [5, 5.41) is 10.4. The predicted molar refractivity (Wildman–Crippen MR) is 141 cm³/mol. The lowest BCUT2D eigenvalue weighted by molar-refractivity contribution is -0.133. The maximum atomic E-state index is 12.8. The van der Waals surface area contributed by atoms with E-state index in [-0.39, 0.29) is 95.3 Å². The van der Waals surface area contributed by atoms with Crippen molar-refractivity contribution in [3.63, 3.8) is 0 Å². The fourth-order valence-corrected chi connectivity index (χ4v) is 2.87. The van der Waals surface area contributed by atoms with Crippen molar-refractivity contribution in [3.05, 3.63) is 0 Å². The molecule has 0 aliphatic carbocycles. The molecule has 0 aromatic carbocycles. The number of carbonyl (C=O) groups is 5. The van der Waals surface area contributed by atoms with Gasteiger partial charge in [-0.05, 0) is 0 Å². The molecule has 0 aliphatic rings. The summed E-state index contributed by atoms with van der Waals surface area (Å²) in [6.07, 6.45) is 0.394. The molecule has 12 nitrogen and oxygen atoms in total. The predicted octanol–water partition coefficient (Wildman–Crippen LogP) is -3.55. The van der Waals surface area contributed by atoms with Gasteiger partial charge in [-0.2, -0.15) is 0 Å². The van der Waals surface area contributed by atoms with Gasteiger partial charge in [-0.25, -0.2) is 0 Å². The lowest BCUT2D eigenvalue weighted by Crippen LogP contribution is -2.58. The van der Waals surface area contributed by atoms with Crippen LogP contribution in [-0.4, -0.2) is 98.5 Å². The first-order valence-electron chi connectivity index (χ1n) is 12.1. The van der Waals surface area contributed by atoms with E-state index >= 15 is 0 Å². The molecule has 0 aromatic heterocycles. The van der Waals surface area contributed by atoms with E-state index in [1.54, 1.807) is 20.8 Å². The van der Waals surface area contributed by atoms with Crippen LogP contribution in [-0.2, 0) is 38.2 Å². The fraction of sp³-hybridized carbons (Fsp3) is 0.762. The molecule has 0 saturated carbocycles. The van der Waals surface area contributed by atoms with Gasteiger partial charge in [0, 0.05) is 37.5 Å². The molecule has 0 fully saturated rings. The van der Waals surface area contributed by atoms with Crippen molar-refractivity contribution in [1.82, 2.24) is 21.0 Å². The van der Waals surface area contributed by atoms with Crippen LogP contribution in [0.4, 0.5) is 0 Å². The molecule has 0 saturated heterocycles. The molecule has 0 unspecified atom stereocenters. The Morgan fingerprint density at radius 2 is 0.944 bits per heavy atom. The minimum absolute atomic E-state index is 0.0351. The van der Waals surface area contributed by atoms with E-state index < -0.39 is 16.9 Å². The third-order valence-corrected chi connectivity index (χ3v) is 5.21. The summed E-state index contributed by atoms with van der Waals surface area (Å²) in [6.45, 7) is 5.49. The molecular weight excluding hydrogens is 469 g/mol. The summed E-state index contributed by atoms with van der Waals surface area (Å²) < 4.78 is 17.1. The van der Waals surface area contributed by atoms with E-state index in [1.165, 1.54) is 23.9 Å². The molecule has 0 rings (SSSR count). The van der Waals surface area contributed by atoms with Crippen LogP contribution in [0.25, 0.3) is 0 Å². The summed E-state index contributed by atoms with van der Waals surface area (Å²) >= 11 is 0. The first-order chi connectivity index (χ1) is 16.9. The number of ether oxygens (including phenoxy) is 3. The van der Waals surface area contributed by atoms with Crippen LogP contribution in [0.15, 0.2) is 0 Å². The van der Waals surface area contributed by atoms with Crippen molar-refractivity contribution < 1.29 is 38.2 Å². The molecule has 0 bridgehead atoms. The summed E-state index contributed by atoms with van der Waals surface area (Å²) in [6, 6.07) is 0. The van der Waals surface area contributed by atoms with Crippen LogP contribution in [0.5, 0.6) is 0 Å². The van der Waals surface area contributed by atoms with Crippen molar-refractivity contribution in [2.24, 2.45) is 5.41 Å². The van der Waals surface area contributed by atoms with Gasteiger partial charge < -0.3 is 35.2 Å². The summed E-state index contributed by atoms with van der Waals surface area (Å²) in [5.74, 6) is -1.04. The molecule has 0 atom stereocenters. The van der Waals surface area contributed by atoms with Gasteiger partial charge in [0.25, 0.3) is 0 Å². The highest BCUT2D eigenvalue weighted by molar-refractivity contribution is 6.14. The second-order valence-corrected chi connectivity index (χ2v) is 9.43. The highest BCUT2D eigenvalue weighted by atomic mass is 16.5. The minimum Gasteiger partial charge on any atom is -0.406 e. The number of carbonyl (C=O) groups excluding carboxylic acids is 5. The second kappa shape index (κ2) is 18.0. The summed E-state index contributed by atoms with van der Waals surface area (Å²) in [4.78, 5) is 59.7. The quantitative estimate of drug-likeness (QED) is 0.103. The molecular formula is C21H41B3N4O8. The van der Waals surface area contributed by atoms with E-state index in [4.69, 9.17) is 14.2 Å². The first-order valence-corrected chi connectivity index (χ1v) is 12.1. The number of rotatable bonds is 19. The number of hydrogen-bond donors (Lipinski definition) is 4. The van der Waals surface area contributed by atoms with Gasteiger partial charge in [0.2, 0.25) is 47.6 Å². The van der Waals surface area contributed by atoms with Crippen LogP contribution in [0.3, 0.4) is 0 Å². The molecule has 15 heteroatoms. The Labute approximate surface area is 216 Å². The highest BCUT2D eigenvalue weighted by Crippen LogP contribution is 2.18. The number of Topliss-reactive ketones (excluding diaryl/α,β-unsaturated/α-hetero) is 1. The SMILES string of the molecule is BNC(=O)CCOCC(COCCC(=O)NB)(COCCC(=O)NB)NC(=O)CCC(=O)C(C)(C)C. The van der Waals surface area contributed by atoms with Gasteiger partial charge >= 0.3 is 0 Å². The van der Waals surface area contributed by atoms with Crippen LogP contribution in [0.1, 0.15) is 52.9 Å². The van der Waals surface area contributed by atoms with Crippen LogP contribution < -0.4 is 21.0 Å². The van der Waals surface area contributed by atoms with Gasteiger partial charge in [0.05, 0.1) is 39.6 Å². The van der Waals surface area contributed by atoms with E-state index in [0.29, 0.717) is 0 Å².